The minimum atomic E-state index is -0.263. The molecule has 0 aliphatic heterocycles. The Balaban J connectivity index is 2.30. The molecule has 3 nitrogen and oxygen atoms in total. The lowest BCUT2D eigenvalue weighted by Gasteiger charge is -2.23. The second-order valence-corrected chi connectivity index (χ2v) is 4.83. The van der Waals surface area contributed by atoms with Crippen LogP contribution >= 0.6 is 0 Å². The van der Waals surface area contributed by atoms with Crippen LogP contribution in [0, 0.1) is 12.7 Å². The fraction of sp³-hybridized carbons (Fsp3) is 0.333. The lowest BCUT2D eigenvalue weighted by molar-refractivity contribution is 0.480. The van der Waals surface area contributed by atoms with Crippen molar-refractivity contribution in [2.75, 3.05) is 11.9 Å². The van der Waals surface area contributed by atoms with Gasteiger partial charge in [0.25, 0.3) is 0 Å². The first-order valence-electron chi connectivity index (χ1n) is 6.29. The molecule has 0 amide bonds. The average Bonchev–Trinajstić information content (AvgIpc) is 2.74. The van der Waals surface area contributed by atoms with E-state index in [1.54, 1.807) is 6.07 Å². The van der Waals surface area contributed by atoms with Crippen LogP contribution in [-0.2, 0) is 6.54 Å². The predicted molar refractivity (Wildman–Crippen MR) is 74.6 cm³/mol. The number of aryl methyl sites for hydroxylation is 1. The van der Waals surface area contributed by atoms with E-state index in [9.17, 15) is 4.39 Å². The summed E-state index contributed by atoms with van der Waals surface area (Å²) in [5.41, 5.74) is 7.23. The summed E-state index contributed by atoms with van der Waals surface area (Å²) in [6.45, 7) is 4.25. The third-order valence-electron chi connectivity index (χ3n) is 3.08. The van der Waals surface area contributed by atoms with Crippen LogP contribution in [-0.4, -0.2) is 7.05 Å². The molecule has 2 N–H and O–H groups in total. The van der Waals surface area contributed by atoms with E-state index >= 15 is 0 Å². The van der Waals surface area contributed by atoms with E-state index in [4.69, 9.17) is 10.2 Å². The molecule has 1 aromatic heterocycles. The third kappa shape index (κ3) is 2.96. The van der Waals surface area contributed by atoms with Crippen molar-refractivity contribution in [2.45, 2.75) is 26.4 Å². The molecule has 2 rings (SSSR count). The average molecular weight is 262 g/mol. The molecule has 0 unspecified atom stereocenters. The first-order chi connectivity index (χ1) is 8.99. The topological polar surface area (TPSA) is 42.4 Å². The number of nitrogens with zero attached hydrogens (tertiary/aromatic N) is 1. The van der Waals surface area contributed by atoms with E-state index in [-0.39, 0.29) is 11.9 Å². The van der Waals surface area contributed by atoms with Gasteiger partial charge < -0.3 is 15.1 Å². The molecule has 1 atom stereocenters. The second kappa shape index (κ2) is 5.45. The number of hydrogen-bond acceptors (Lipinski definition) is 3. The van der Waals surface area contributed by atoms with Gasteiger partial charge in [0.05, 0.1) is 12.2 Å². The number of furan rings is 1. The van der Waals surface area contributed by atoms with Crippen molar-refractivity contribution in [3.05, 3.63) is 53.2 Å². The van der Waals surface area contributed by atoms with Crippen molar-refractivity contribution in [1.29, 1.82) is 0 Å². The van der Waals surface area contributed by atoms with Crippen molar-refractivity contribution in [3.63, 3.8) is 0 Å². The summed E-state index contributed by atoms with van der Waals surface area (Å²) in [5, 5.41) is 0. The van der Waals surface area contributed by atoms with Gasteiger partial charge in [0.15, 0.2) is 0 Å². The Kier molecular flexibility index (Phi) is 3.90. The lowest BCUT2D eigenvalue weighted by atomic mass is 10.1. The molecule has 0 fully saturated rings. The summed E-state index contributed by atoms with van der Waals surface area (Å²) in [6.07, 6.45) is 0. The molecule has 102 valence electrons. The summed E-state index contributed by atoms with van der Waals surface area (Å²) < 4.78 is 19.6. The van der Waals surface area contributed by atoms with E-state index in [0.29, 0.717) is 12.2 Å². The molecular weight excluding hydrogens is 243 g/mol. The monoisotopic (exact) mass is 262 g/mol. The van der Waals surface area contributed by atoms with Crippen molar-refractivity contribution in [2.24, 2.45) is 5.73 Å². The van der Waals surface area contributed by atoms with Crippen LogP contribution in [0.5, 0.6) is 0 Å². The van der Waals surface area contributed by atoms with Gasteiger partial charge in [-0.25, -0.2) is 4.39 Å². The van der Waals surface area contributed by atoms with Gasteiger partial charge in [-0.2, -0.15) is 0 Å². The zero-order chi connectivity index (χ0) is 14.0. The second-order valence-electron chi connectivity index (χ2n) is 4.83. The normalized spacial score (nSPS) is 12.5. The first kappa shape index (κ1) is 13.6. The molecule has 0 bridgehead atoms. The number of para-hydroxylation sites is 1. The van der Waals surface area contributed by atoms with Crippen molar-refractivity contribution in [3.8, 4) is 0 Å². The molecule has 1 heterocycles. The molecule has 0 spiro atoms. The Hall–Kier alpha value is -1.81. The standard InChI is InChI=1S/C15H19FN2O/c1-10-7-8-12(19-10)9-18(3)15-13(11(2)17)5-4-6-14(15)16/h4-8,11H,9,17H2,1-3H3/t11-/m0/s1. The Labute approximate surface area is 112 Å². The smallest absolute Gasteiger partial charge is 0.146 e. The summed E-state index contributed by atoms with van der Waals surface area (Å²) >= 11 is 0. The van der Waals surface area contributed by atoms with E-state index < -0.39 is 0 Å². The predicted octanol–water partition coefficient (Wildman–Crippen LogP) is 3.38. The lowest BCUT2D eigenvalue weighted by Crippen LogP contribution is -2.21. The SMILES string of the molecule is Cc1ccc(CN(C)c2c(F)cccc2[C@H](C)N)o1. The molecule has 1 aromatic carbocycles. The highest BCUT2D eigenvalue weighted by Gasteiger charge is 2.16. The van der Waals surface area contributed by atoms with Crippen LogP contribution in [0.4, 0.5) is 10.1 Å². The maximum atomic E-state index is 14.0. The largest absolute Gasteiger partial charge is 0.464 e. The van der Waals surface area contributed by atoms with Crippen LogP contribution in [0.3, 0.4) is 0 Å². The van der Waals surface area contributed by atoms with E-state index in [0.717, 1.165) is 17.1 Å². The molecule has 0 saturated carbocycles. The van der Waals surface area contributed by atoms with Gasteiger partial charge >= 0.3 is 0 Å². The van der Waals surface area contributed by atoms with E-state index in [2.05, 4.69) is 0 Å². The molecule has 2 aromatic rings. The van der Waals surface area contributed by atoms with Gasteiger partial charge in [0.2, 0.25) is 0 Å². The van der Waals surface area contributed by atoms with Crippen molar-refractivity contribution in [1.82, 2.24) is 0 Å². The van der Waals surface area contributed by atoms with Crippen LogP contribution in [0.15, 0.2) is 34.7 Å². The fourth-order valence-corrected chi connectivity index (χ4v) is 2.19. The van der Waals surface area contributed by atoms with Crippen LogP contribution in [0.25, 0.3) is 0 Å². The molecule has 0 aliphatic rings. The maximum Gasteiger partial charge on any atom is 0.146 e. The minimum absolute atomic E-state index is 0.216. The third-order valence-corrected chi connectivity index (χ3v) is 3.08. The maximum absolute atomic E-state index is 14.0. The molecule has 0 radical (unpaired) electrons. The first-order valence-corrected chi connectivity index (χ1v) is 6.29. The highest BCUT2D eigenvalue weighted by molar-refractivity contribution is 5.55. The Bertz CT molecular complexity index is 563. The minimum Gasteiger partial charge on any atom is -0.464 e. The quantitative estimate of drug-likeness (QED) is 0.918. The van der Waals surface area contributed by atoms with Crippen molar-refractivity contribution < 1.29 is 8.81 Å². The summed E-state index contributed by atoms with van der Waals surface area (Å²) in [4.78, 5) is 1.83. The molecule has 4 heteroatoms. The summed E-state index contributed by atoms with van der Waals surface area (Å²) in [7, 11) is 1.84. The Morgan fingerprint density at radius 2 is 2.05 bits per heavy atom. The molecule has 0 aliphatic carbocycles. The van der Waals surface area contributed by atoms with Crippen LogP contribution in [0.1, 0.15) is 30.0 Å². The van der Waals surface area contributed by atoms with Gasteiger partial charge in [-0.3, -0.25) is 0 Å². The number of hydrogen-bond donors (Lipinski definition) is 1. The Morgan fingerprint density at radius 3 is 2.63 bits per heavy atom. The molecule has 0 saturated heterocycles. The van der Waals surface area contributed by atoms with Gasteiger partial charge in [-0.15, -0.1) is 0 Å². The fourth-order valence-electron chi connectivity index (χ4n) is 2.19. The zero-order valence-corrected chi connectivity index (χ0v) is 11.5. The summed E-state index contributed by atoms with van der Waals surface area (Å²) in [5.74, 6) is 1.39. The number of benzene rings is 1. The molecular formula is C15H19FN2O. The van der Waals surface area contributed by atoms with Gasteiger partial charge in [-0.1, -0.05) is 12.1 Å². The van der Waals surface area contributed by atoms with Crippen LogP contribution < -0.4 is 10.6 Å². The van der Waals surface area contributed by atoms with Gasteiger partial charge in [0.1, 0.15) is 17.3 Å². The van der Waals surface area contributed by atoms with Crippen molar-refractivity contribution >= 4 is 5.69 Å². The number of nitrogens with two attached hydrogens (primary N) is 1. The summed E-state index contributed by atoms with van der Waals surface area (Å²) in [6, 6.07) is 8.57. The molecule has 19 heavy (non-hydrogen) atoms. The Morgan fingerprint density at radius 1 is 1.32 bits per heavy atom. The number of halogens is 1. The number of rotatable bonds is 4. The van der Waals surface area contributed by atoms with E-state index in [1.165, 1.54) is 6.07 Å². The van der Waals surface area contributed by atoms with Gasteiger partial charge in [-0.05, 0) is 37.6 Å². The highest BCUT2D eigenvalue weighted by atomic mass is 19.1. The highest BCUT2D eigenvalue weighted by Crippen LogP contribution is 2.28. The zero-order valence-electron chi connectivity index (χ0n) is 11.5. The number of anilines is 1. The van der Waals surface area contributed by atoms with Crippen LogP contribution in [0.2, 0.25) is 0 Å². The van der Waals surface area contributed by atoms with E-state index in [1.807, 2.05) is 44.0 Å². The van der Waals surface area contributed by atoms with Gasteiger partial charge in [0, 0.05) is 13.1 Å².